The lowest BCUT2D eigenvalue weighted by atomic mass is 9.93. The lowest BCUT2D eigenvalue weighted by molar-refractivity contribution is 0.670. The Kier molecular flexibility index (Phi) is 9.89. The van der Waals surface area contributed by atoms with Crippen molar-refractivity contribution in [2.24, 2.45) is 0 Å². The van der Waals surface area contributed by atoms with Crippen LogP contribution in [0.25, 0.3) is 99.5 Å². The predicted molar refractivity (Wildman–Crippen MR) is 279 cm³/mol. The summed E-state index contributed by atoms with van der Waals surface area (Å²) in [5.74, 6) is 0. The van der Waals surface area contributed by atoms with Crippen molar-refractivity contribution in [1.29, 1.82) is 0 Å². The zero-order valence-corrected chi connectivity index (χ0v) is 36.2. The lowest BCUT2D eigenvalue weighted by Crippen LogP contribution is -2.09. The second-order valence-corrected chi connectivity index (χ2v) is 16.9. The van der Waals surface area contributed by atoms with Gasteiger partial charge >= 0.3 is 0 Å². The molecule has 12 rings (SSSR count). The average Bonchev–Trinajstić information content (AvgIpc) is 3.78. The fraction of sp³-hybridized carbons (Fsp3) is 0. The summed E-state index contributed by atoms with van der Waals surface area (Å²) in [5.41, 5.74) is 19.1. The van der Waals surface area contributed by atoms with Gasteiger partial charge in [0, 0.05) is 33.4 Å². The van der Waals surface area contributed by atoms with E-state index in [-0.39, 0.29) is 0 Å². The third-order valence-electron chi connectivity index (χ3n) is 12.9. The number of rotatable bonds is 9. The zero-order valence-electron chi connectivity index (χ0n) is 36.2. The van der Waals surface area contributed by atoms with E-state index >= 15 is 0 Å². The zero-order chi connectivity index (χ0) is 43.8. The minimum Gasteiger partial charge on any atom is -0.455 e. The summed E-state index contributed by atoms with van der Waals surface area (Å²) in [5, 5.41) is 4.72. The SMILES string of the molecule is c1ccc(-c2cc(-c3ccccc3)cc(-c3ccc(N(c4ccc(-c5ccc6oc7c(-c8ccccc8)cccc7c6c5)cc4)c4ccc(-c5cccc6ccccc56)cc4)cc3)c2)cc1. The van der Waals surface area contributed by atoms with Crippen molar-refractivity contribution in [2.45, 2.75) is 0 Å². The molecule has 1 heterocycles. The molecule has 310 valence electrons. The molecule has 0 N–H and O–H groups in total. The number of para-hydroxylation sites is 1. The van der Waals surface area contributed by atoms with Crippen LogP contribution in [0.4, 0.5) is 17.1 Å². The van der Waals surface area contributed by atoms with Gasteiger partial charge in [0.1, 0.15) is 11.2 Å². The topological polar surface area (TPSA) is 16.4 Å². The van der Waals surface area contributed by atoms with Gasteiger partial charge in [0.05, 0.1) is 0 Å². The Morgan fingerprint density at radius 3 is 1.24 bits per heavy atom. The number of benzene rings is 11. The molecule has 66 heavy (non-hydrogen) atoms. The van der Waals surface area contributed by atoms with E-state index in [0.29, 0.717) is 0 Å². The van der Waals surface area contributed by atoms with Crippen LogP contribution in [0.3, 0.4) is 0 Å². The van der Waals surface area contributed by atoms with Gasteiger partial charge in [-0.1, -0.05) is 194 Å². The highest BCUT2D eigenvalue weighted by Crippen LogP contribution is 2.41. The molecule has 0 aliphatic heterocycles. The molecule has 12 aromatic rings. The second kappa shape index (κ2) is 16.8. The molecule has 0 aliphatic rings. The molecule has 0 atom stereocenters. The van der Waals surface area contributed by atoms with Crippen LogP contribution in [-0.4, -0.2) is 0 Å². The fourth-order valence-electron chi connectivity index (χ4n) is 9.53. The van der Waals surface area contributed by atoms with Crippen LogP contribution in [0, 0.1) is 0 Å². The van der Waals surface area contributed by atoms with Gasteiger partial charge in [0.2, 0.25) is 0 Å². The Labute approximate surface area is 384 Å². The van der Waals surface area contributed by atoms with Crippen LogP contribution in [0.1, 0.15) is 0 Å². The van der Waals surface area contributed by atoms with Crippen LogP contribution in [0.2, 0.25) is 0 Å². The van der Waals surface area contributed by atoms with E-state index in [9.17, 15) is 0 Å². The molecule has 11 aromatic carbocycles. The van der Waals surface area contributed by atoms with Crippen LogP contribution in [0.15, 0.2) is 265 Å². The standard InChI is InChI=1S/C64H43NO/c1-4-14-44(15-5-1)52-40-53(45-16-6-2-7-17-45)42-54(41-52)47-28-35-56(36-29-47)65(57-37-30-50(31-38-57)59-23-12-21-48-20-10-11-22-58(48)59)55-33-26-46(27-34-55)51-32-39-63-62(43-51)61-25-13-24-60(64(61)66-63)49-18-8-3-9-19-49/h1-43H. The maximum absolute atomic E-state index is 6.52. The molecule has 2 nitrogen and oxygen atoms in total. The second-order valence-electron chi connectivity index (χ2n) is 16.9. The van der Waals surface area contributed by atoms with Gasteiger partial charge in [-0.2, -0.15) is 0 Å². The van der Waals surface area contributed by atoms with Gasteiger partial charge in [0.15, 0.2) is 0 Å². The first-order chi connectivity index (χ1) is 32.7. The molecule has 0 spiro atoms. The van der Waals surface area contributed by atoms with Crippen molar-refractivity contribution < 1.29 is 4.42 Å². The van der Waals surface area contributed by atoms with Gasteiger partial charge < -0.3 is 9.32 Å². The molecule has 0 radical (unpaired) electrons. The first-order valence-corrected chi connectivity index (χ1v) is 22.6. The molecular formula is C64H43NO. The van der Waals surface area contributed by atoms with Crippen molar-refractivity contribution in [3.63, 3.8) is 0 Å². The molecule has 0 amide bonds. The summed E-state index contributed by atoms with van der Waals surface area (Å²) in [6.45, 7) is 0. The summed E-state index contributed by atoms with van der Waals surface area (Å²) in [4.78, 5) is 2.36. The summed E-state index contributed by atoms with van der Waals surface area (Å²) in [6.07, 6.45) is 0. The maximum atomic E-state index is 6.52. The van der Waals surface area contributed by atoms with Gasteiger partial charge in [-0.25, -0.2) is 0 Å². The minimum absolute atomic E-state index is 0.887. The highest BCUT2D eigenvalue weighted by molar-refractivity contribution is 6.10. The molecular weight excluding hydrogens is 799 g/mol. The highest BCUT2D eigenvalue weighted by Gasteiger charge is 2.17. The monoisotopic (exact) mass is 841 g/mol. The number of nitrogens with zero attached hydrogens (tertiary/aromatic N) is 1. The Morgan fingerprint density at radius 2 is 0.652 bits per heavy atom. The Hall–Kier alpha value is -8.72. The number of furan rings is 1. The van der Waals surface area contributed by atoms with E-state index in [1.807, 2.05) is 6.07 Å². The fourth-order valence-corrected chi connectivity index (χ4v) is 9.53. The third-order valence-corrected chi connectivity index (χ3v) is 12.9. The van der Waals surface area contributed by atoms with Gasteiger partial charge in [0.25, 0.3) is 0 Å². The van der Waals surface area contributed by atoms with Crippen LogP contribution in [-0.2, 0) is 0 Å². The predicted octanol–water partition coefficient (Wildman–Crippen LogP) is 18.2. The average molecular weight is 842 g/mol. The molecule has 0 saturated carbocycles. The van der Waals surface area contributed by atoms with Gasteiger partial charge in [-0.15, -0.1) is 0 Å². The van der Waals surface area contributed by atoms with E-state index in [4.69, 9.17) is 4.42 Å². The Morgan fingerprint density at radius 1 is 0.242 bits per heavy atom. The molecule has 0 saturated heterocycles. The number of anilines is 3. The van der Waals surface area contributed by atoms with Gasteiger partial charge in [-0.3, -0.25) is 0 Å². The highest BCUT2D eigenvalue weighted by atomic mass is 16.3. The van der Waals surface area contributed by atoms with E-state index in [1.165, 1.54) is 49.7 Å². The van der Waals surface area contributed by atoms with Crippen molar-refractivity contribution in [2.75, 3.05) is 4.90 Å². The molecule has 2 heteroatoms. The van der Waals surface area contributed by atoms with Crippen LogP contribution in [0.5, 0.6) is 0 Å². The largest absolute Gasteiger partial charge is 0.455 e. The third kappa shape index (κ3) is 7.31. The number of fused-ring (bicyclic) bond motifs is 4. The molecule has 0 fully saturated rings. The van der Waals surface area contributed by atoms with Crippen molar-refractivity contribution >= 4 is 49.8 Å². The number of hydrogen-bond donors (Lipinski definition) is 0. The normalized spacial score (nSPS) is 11.3. The quantitative estimate of drug-likeness (QED) is 0.144. The van der Waals surface area contributed by atoms with E-state index < -0.39 is 0 Å². The summed E-state index contributed by atoms with van der Waals surface area (Å²) in [6, 6.07) is 93.8. The Balaban J connectivity index is 0.926. The summed E-state index contributed by atoms with van der Waals surface area (Å²) in [7, 11) is 0. The molecule has 0 unspecified atom stereocenters. The molecule has 0 aliphatic carbocycles. The van der Waals surface area contributed by atoms with E-state index in [2.05, 4.69) is 260 Å². The molecule has 1 aromatic heterocycles. The number of hydrogen-bond acceptors (Lipinski definition) is 2. The summed E-state index contributed by atoms with van der Waals surface area (Å²) >= 11 is 0. The first kappa shape index (κ1) is 38.9. The first-order valence-electron chi connectivity index (χ1n) is 22.6. The van der Waals surface area contributed by atoms with E-state index in [1.54, 1.807) is 0 Å². The van der Waals surface area contributed by atoms with Crippen molar-refractivity contribution in [3.05, 3.63) is 261 Å². The Bertz CT molecular complexity index is 3590. The van der Waals surface area contributed by atoms with Crippen molar-refractivity contribution in [3.8, 4) is 66.8 Å². The lowest BCUT2D eigenvalue weighted by Gasteiger charge is -2.26. The smallest absolute Gasteiger partial charge is 0.143 e. The van der Waals surface area contributed by atoms with E-state index in [0.717, 1.165) is 66.8 Å². The maximum Gasteiger partial charge on any atom is 0.143 e. The van der Waals surface area contributed by atoms with Crippen LogP contribution < -0.4 is 4.90 Å². The van der Waals surface area contributed by atoms with Crippen LogP contribution >= 0.6 is 0 Å². The summed E-state index contributed by atoms with van der Waals surface area (Å²) < 4.78 is 6.52. The van der Waals surface area contributed by atoms with Gasteiger partial charge in [-0.05, 0) is 139 Å². The molecule has 0 bridgehead atoms. The van der Waals surface area contributed by atoms with Crippen molar-refractivity contribution in [1.82, 2.24) is 0 Å². The minimum atomic E-state index is 0.887.